The van der Waals surface area contributed by atoms with Crippen molar-refractivity contribution < 1.29 is 80.2 Å². The van der Waals surface area contributed by atoms with Gasteiger partial charge in [0.15, 0.2) is 12.2 Å². The van der Waals surface area contributed by atoms with Gasteiger partial charge in [-0.05, 0) is 109 Å². The summed E-state index contributed by atoms with van der Waals surface area (Å²) >= 11 is 0. The standard InChI is InChI=1S/C75H134O17P2/c1-5-9-13-17-21-25-29-31-32-33-34-35-36-38-41-44-48-52-56-60-73(78)86-66-71(92-75(80)62-58-54-50-46-42-37-30-26-22-18-14-10-6-2)68-90-94(83,84)88-64-69(76)63-87-93(81,82)89-67-70(91-74(79)61-57-53-49-45-40-28-24-20-16-12-8-4)65-85-72(77)59-55-51-47-43-39-27-23-19-15-11-7-3/h9,13,19,21,23,25-26,30-32,34-35,69-71,76H,5-8,10-12,14-18,20,22,24,27-29,33,36-68H2,1-4H3,(H,81,82)(H,83,84)/b13-9-,23-19-,25-21-,30-26-,32-31-,35-34-. The maximum Gasteiger partial charge on any atom is 0.472 e. The summed E-state index contributed by atoms with van der Waals surface area (Å²) in [6, 6.07) is 0. The Morgan fingerprint density at radius 2 is 0.564 bits per heavy atom. The highest BCUT2D eigenvalue weighted by molar-refractivity contribution is 7.47. The van der Waals surface area contributed by atoms with Gasteiger partial charge in [-0.2, -0.15) is 0 Å². The van der Waals surface area contributed by atoms with Gasteiger partial charge in [-0.25, -0.2) is 9.13 Å². The summed E-state index contributed by atoms with van der Waals surface area (Å²) < 4.78 is 68.3. The number of rotatable bonds is 70. The molecular formula is C75H134O17P2. The summed E-state index contributed by atoms with van der Waals surface area (Å²) in [6.45, 7) is 4.69. The second kappa shape index (κ2) is 68.0. The Labute approximate surface area is 571 Å². The van der Waals surface area contributed by atoms with Crippen LogP contribution in [0.15, 0.2) is 72.9 Å². The lowest BCUT2D eigenvalue weighted by atomic mass is 10.1. The van der Waals surface area contributed by atoms with E-state index in [9.17, 15) is 43.2 Å². The number of hydrogen-bond acceptors (Lipinski definition) is 15. The molecule has 0 aromatic rings. The fraction of sp³-hybridized carbons (Fsp3) is 0.787. The van der Waals surface area contributed by atoms with Gasteiger partial charge < -0.3 is 33.8 Å². The predicted molar refractivity (Wildman–Crippen MR) is 381 cm³/mol. The van der Waals surface area contributed by atoms with E-state index in [4.69, 9.17) is 37.0 Å². The van der Waals surface area contributed by atoms with E-state index in [1.54, 1.807) is 0 Å². The number of hydrogen-bond donors (Lipinski definition) is 3. The number of unbranched alkanes of at least 4 members (excludes halogenated alkanes) is 32. The fourth-order valence-electron chi connectivity index (χ4n) is 9.95. The van der Waals surface area contributed by atoms with Crippen LogP contribution in [-0.2, 0) is 65.4 Å². The van der Waals surface area contributed by atoms with Crippen LogP contribution >= 0.6 is 15.6 Å². The molecule has 0 aromatic heterocycles. The SMILES string of the molecule is CC/C=C\C/C=C\C/C=C\C/C=C\CCCCCCCCC(=O)OCC(COP(=O)(O)OCC(O)COP(=O)(O)OCC(COC(=O)CCCCCCC/C=C\CCCC)OC(=O)CCCCCCCCCCCCC)OC(=O)CCCCCCC/C=C\CCCCCC. The molecule has 94 heavy (non-hydrogen) atoms. The highest BCUT2D eigenvalue weighted by Gasteiger charge is 2.30. The topological polar surface area (TPSA) is 237 Å². The summed E-state index contributed by atoms with van der Waals surface area (Å²) in [6.07, 6.45) is 66.2. The lowest BCUT2D eigenvalue weighted by Gasteiger charge is -2.21. The normalized spacial score (nSPS) is 14.4. The molecule has 546 valence electrons. The van der Waals surface area contributed by atoms with Gasteiger partial charge in [-0.3, -0.25) is 37.3 Å². The molecule has 0 radical (unpaired) electrons. The Kier molecular flexibility index (Phi) is 65.5. The summed E-state index contributed by atoms with van der Waals surface area (Å²) in [5.41, 5.74) is 0. The first-order valence-corrected chi connectivity index (χ1v) is 40.2. The number of ether oxygens (including phenoxy) is 4. The van der Waals surface area contributed by atoms with Crippen molar-refractivity contribution in [3.8, 4) is 0 Å². The fourth-order valence-corrected chi connectivity index (χ4v) is 11.5. The van der Waals surface area contributed by atoms with Crippen LogP contribution in [0.1, 0.15) is 323 Å². The Morgan fingerprint density at radius 3 is 0.904 bits per heavy atom. The van der Waals surface area contributed by atoms with E-state index < -0.39 is 97.5 Å². The van der Waals surface area contributed by atoms with Gasteiger partial charge >= 0.3 is 39.5 Å². The molecule has 0 saturated carbocycles. The van der Waals surface area contributed by atoms with Gasteiger partial charge in [-0.1, -0.05) is 261 Å². The van der Waals surface area contributed by atoms with Crippen LogP contribution < -0.4 is 0 Å². The molecule has 3 N–H and O–H groups in total. The summed E-state index contributed by atoms with van der Waals surface area (Å²) in [5.74, 6) is -2.19. The lowest BCUT2D eigenvalue weighted by molar-refractivity contribution is -0.161. The van der Waals surface area contributed by atoms with Crippen molar-refractivity contribution in [2.24, 2.45) is 0 Å². The molecule has 0 heterocycles. The quantitative estimate of drug-likeness (QED) is 0.0169. The van der Waals surface area contributed by atoms with E-state index in [1.807, 2.05) is 0 Å². The molecule has 0 amide bonds. The molecule has 0 spiro atoms. The first kappa shape index (κ1) is 90.5. The van der Waals surface area contributed by atoms with Crippen molar-refractivity contribution in [3.63, 3.8) is 0 Å². The number of carbonyl (C=O) groups is 4. The zero-order chi connectivity index (χ0) is 69.0. The highest BCUT2D eigenvalue weighted by Crippen LogP contribution is 2.45. The Bertz CT molecular complexity index is 2070. The van der Waals surface area contributed by atoms with E-state index in [0.717, 1.165) is 167 Å². The Balaban J connectivity index is 5.29. The van der Waals surface area contributed by atoms with Crippen molar-refractivity contribution in [2.75, 3.05) is 39.6 Å². The molecule has 0 aliphatic rings. The van der Waals surface area contributed by atoms with Gasteiger partial charge in [0.25, 0.3) is 0 Å². The average Bonchev–Trinajstić information content (AvgIpc) is 1.73. The van der Waals surface area contributed by atoms with Gasteiger partial charge in [0.2, 0.25) is 0 Å². The molecule has 17 nitrogen and oxygen atoms in total. The number of aliphatic hydroxyl groups excluding tert-OH is 1. The van der Waals surface area contributed by atoms with Crippen LogP contribution in [0.4, 0.5) is 0 Å². The van der Waals surface area contributed by atoms with Crippen molar-refractivity contribution in [1.29, 1.82) is 0 Å². The van der Waals surface area contributed by atoms with Crippen molar-refractivity contribution in [3.05, 3.63) is 72.9 Å². The van der Waals surface area contributed by atoms with E-state index in [0.29, 0.717) is 25.7 Å². The zero-order valence-electron chi connectivity index (χ0n) is 59.4. The first-order valence-electron chi connectivity index (χ1n) is 37.2. The van der Waals surface area contributed by atoms with Crippen molar-refractivity contribution in [2.45, 2.75) is 341 Å². The number of phosphoric ester groups is 2. The third-order valence-electron chi connectivity index (χ3n) is 15.7. The molecule has 0 aliphatic carbocycles. The minimum absolute atomic E-state index is 0.0837. The molecule has 0 saturated heterocycles. The molecule has 19 heteroatoms. The average molecular weight is 1370 g/mol. The van der Waals surface area contributed by atoms with Gasteiger partial charge in [0.1, 0.15) is 19.3 Å². The number of allylic oxidation sites excluding steroid dienone is 12. The molecular weight excluding hydrogens is 1230 g/mol. The largest absolute Gasteiger partial charge is 0.472 e. The summed E-state index contributed by atoms with van der Waals surface area (Å²) in [7, 11) is -9.93. The maximum absolute atomic E-state index is 13.0. The van der Waals surface area contributed by atoms with E-state index in [2.05, 4.69) is 101 Å². The predicted octanol–water partition coefficient (Wildman–Crippen LogP) is 20.9. The second-order valence-electron chi connectivity index (χ2n) is 24.9. The van der Waals surface area contributed by atoms with E-state index in [1.165, 1.54) is 77.0 Å². The molecule has 0 aromatic carbocycles. The Morgan fingerprint density at radius 1 is 0.309 bits per heavy atom. The van der Waals surface area contributed by atoms with Crippen LogP contribution in [0.2, 0.25) is 0 Å². The van der Waals surface area contributed by atoms with Gasteiger partial charge in [0, 0.05) is 25.7 Å². The molecule has 0 fully saturated rings. The van der Waals surface area contributed by atoms with Gasteiger partial charge in [0.05, 0.1) is 26.4 Å². The van der Waals surface area contributed by atoms with Crippen molar-refractivity contribution >= 4 is 39.5 Å². The van der Waals surface area contributed by atoms with Crippen molar-refractivity contribution in [1.82, 2.24) is 0 Å². The van der Waals surface area contributed by atoms with Crippen LogP contribution in [0, 0.1) is 0 Å². The van der Waals surface area contributed by atoms with E-state index in [-0.39, 0.29) is 25.7 Å². The third-order valence-corrected chi connectivity index (χ3v) is 17.6. The number of aliphatic hydroxyl groups is 1. The maximum atomic E-state index is 13.0. The second-order valence-corrected chi connectivity index (χ2v) is 27.8. The van der Waals surface area contributed by atoms with Crippen LogP contribution in [0.25, 0.3) is 0 Å². The molecule has 0 aliphatic heterocycles. The smallest absolute Gasteiger partial charge is 0.462 e. The number of phosphoric acid groups is 2. The molecule has 0 rings (SSSR count). The monoisotopic (exact) mass is 1370 g/mol. The number of carbonyl (C=O) groups excluding carboxylic acids is 4. The van der Waals surface area contributed by atoms with Crippen LogP contribution in [0.5, 0.6) is 0 Å². The molecule has 5 atom stereocenters. The van der Waals surface area contributed by atoms with Crippen LogP contribution in [0.3, 0.4) is 0 Å². The van der Waals surface area contributed by atoms with Crippen LogP contribution in [-0.4, -0.2) is 96.7 Å². The Hall–Kier alpha value is -3.50. The minimum Gasteiger partial charge on any atom is -0.462 e. The summed E-state index contributed by atoms with van der Waals surface area (Å²) in [4.78, 5) is 72.6. The number of esters is 4. The first-order chi connectivity index (χ1) is 45.7. The third kappa shape index (κ3) is 67.1. The van der Waals surface area contributed by atoms with Gasteiger partial charge in [-0.15, -0.1) is 0 Å². The summed E-state index contributed by atoms with van der Waals surface area (Å²) in [5, 5.41) is 10.6. The highest BCUT2D eigenvalue weighted by atomic mass is 31.2. The zero-order valence-corrected chi connectivity index (χ0v) is 61.2. The minimum atomic E-state index is -4.97. The van der Waals surface area contributed by atoms with E-state index >= 15 is 0 Å². The lowest BCUT2D eigenvalue weighted by Crippen LogP contribution is -2.30. The molecule has 0 bridgehead atoms. The molecule has 5 unspecified atom stereocenters.